The first-order chi connectivity index (χ1) is 10.2. The number of amides is 1. The average molecular weight is 308 g/mol. The second kappa shape index (κ2) is 6.23. The van der Waals surface area contributed by atoms with E-state index >= 15 is 0 Å². The Labute approximate surface area is 129 Å². The first-order valence-electron chi connectivity index (χ1n) is 7.28. The molecule has 3 rings (SSSR count). The standard InChI is InChI=1S/C15H20N2O3S/c1-2-19-8-14(18)17-10-15(11-17)7-12(9-21-15)20-13-5-3-4-6-16-13/h3-6,12H,2,7-11H2,1H3/t12-/m0/s1. The SMILES string of the molecule is CCOCC(=O)N1CC2(C[C@H](Oc3ccccn3)CS2)C1. The van der Waals surface area contributed by atoms with E-state index < -0.39 is 0 Å². The van der Waals surface area contributed by atoms with Crippen LogP contribution >= 0.6 is 11.8 Å². The van der Waals surface area contributed by atoms with E-state index in [0.29, 0.717) is 12.5 Å². The Balaban J connectivity index is 1.47. The minimum atomic E-state index is 0.0946. The highest BCUT2D eigenvalue weighted by Crippen LogP contribution is 2.45. The van der Waals surface area contributed by atoms with Crippen LogP contribution < -0.4 is 4.74 Å². The molecule has 2 aliphatic rings. The van der Waals surface area contributed by atoms with Gasteiger partial charge in [-0.25, -0.2) is 4.98 Å². The maximum atomic E-state index is 11.8. The Morgan fingerprint density at radius 2 is 2.38 bits per heavy atom. The third kappa shape index (κ3) is 3.32. The summed E-state index contributed by atoms with van der Waals surface area (Å²) in [5, 5.41) is 0. The molecule has 0 unspecified atom stereocenters. The van der Waals surface area contributed by atoms with Gasteiger partial charge in [-0.1, -0.05) is 6.07 Å². The molecule has 6 heteroatoms. The van der Waals surface area contributed by atoms with Gasteiger partial charge in [0.25, 0.3) is 0 Å². The number of nitrogens with zero attached hydrogens (tertiary/aromatic N) is 2. The number of carbonyl (C=O) groups is 1. The molecule has 0 bridgehead atoms. The minimum absolute atomic E-state index is 0.0946. The second-order valence-electron chi connectivity index (χ2n) is 5.49. The zero-order valence-electron chi connectivity index (χ0n) is 12.2. The topological polar surface area (TPSA) is 51.7 Å². The summed E-state index contributed by atoms with van der Waals surface area (Å²) in [5.41, 5.74) is 0. The molecule has 2 saturated heterocycles. The van der Waals surface area contributed by atoms with Crippen molar-refractivity contribution in [1.29, 1.82) is 0 Å². The molecular formula is C15H20N2O3S. The number of hydrogen-bond donors (Lipinski definition) is 0. The Bertz CT molecular complexity index is 491. The molecule has 1 amide bonds. The van der Waals surface area contributed by atoms with Gasteiger partial charge >= 0.3 is 0 Å². The second-order valence-corrected chi connectivity index (χ2v) is 6.98. The Hall–Kier alpha value is -1.27. The van der Waals surface area contributed by atoms with E-state index in [0.717, 1.165) is 25.3 Å². The van der Waals surface area contributed by atoms with Crippen molar-refractivity contribution in [3.8, 4) is 5.88 Å². The molecule has 0 radical (unpaired) electrons. The molecule has 0 aliphatic carbocycles. The number of ether oxygens (including phenoxy) is 2. The number of rotatable bonds is 5. The van der Waals surface area contributed by atoms with Crippen molar-refractivity contribution >= 4 is 17.7 Å². The summed E-state index contributed by atoms with van der Waals surface area (Å²) in [6.45, 7) is 4.30. The lowest BCUT2D eigenvalue weighted by molar-refractivity contribution is -0.141. The van der Waals surface area contributed by atoms with Crippen molar-refractivity contribution < 1.29 is 14.3 Å². The normalized spacial score (nSPS) is 23.1. The van der Waals surface area contributed by atoms with Gasteiger partial charge in [0.1, 0.15) is 12.7 Å². The van der Waals surface area contributed by atoms with Crippen molar-refractivity contribution in [1.82, 2.24) is 9.88 Å². The van der Waals surface area contributed by atoms with Crippen LogP contribution in [0.2, 0.25) is 0 Å². The number of thioether (sulfide) groups is 1. The molecule has 5 nitrogen and oxygen atoms in total. The predicted octanol–water partition coefficient (Wildman–Crippen LogP) is 1.58. The predicted molar refractivity (Wildman–Crippen MR) is 81.5 cm³/mol. The van der Waals surface area contributed by atoms with Crippen molar-refractivity contribution in [3.63, 3.8) is 0 Å². The molecule has 0 saturated carbocycles. The van der Waals surface area contributed by atoms with Crippen LogP contribution in [0.1, 0.15) is 13.3 Å². The fourth-order valence-electron chi connectivity index (χ4n) is 2.79. The first kappa shape index (κ1) is 14.7. The van der Waals surface area contributed by atoms with E-state index in [2.05, 4.69) is 4.98 Å². The van der Waals surface area contributed by atoms with E-state index in [-0.39, 0.29) is 23.4 Å². The van der Waals surface area contributed by atoms with Gasteiger partial charge in [0, 0.05) is 44.1 Å². The minimum Gasteiger partial charge on any atom is -0.473 e. The molecule has 114 valence electrons. The molecule has 2 fully saturated rings. The van der Waals surface area contributed by atoms with Gasteiger partial charge in [0.15, 0.2) is 0 Å². The third-order valence-electron chi connectivity index (χ3n) is 3.84. The largest absolute Gasteiger partial charge is 0.473 e. The van der Waals surface area contributed by atoms with E-state index in [1.165, 1.54) is 0 Å². The van der Waals surface area contributed by atoms with Gasteiger partial charge in [-0.3, -0.25) is 4.79 Å². The van der Waals surface area contributed by atoms with Gasteiger partial charge in [-0.05, 0) is 13.0 Å². The van der Waals surface area contributed by atoms with Gasteiger partial charge in [-0.2, -0.15) is 0 Å². The van der Waals surface area contributed by atoms with Crippen LogP contribution in [0.5, 0.6) is 5.88 Å². The smallest absolute Gasteiger partial charge is 0.248 e. The third-order valence-corrected chi connectivity index (χ3v) is 5.42. The van der Waals surface area contributed by atoms with E-state index in [9.17, 15) is 4.79 Å². The maximum Gasteiger partial charge on any atom is 0.248 e. The molecule has 1 aromatic rings. The quantitative estimate of drug-likeness (QED) is 0.827. The maximum absolute atomic E-state index is 11.8. The molecule has 3 heterocycles. The monoisotopic (exact) mass is 308 g/mol. The fraction of sp³-hybridized carbons (Fsp3) is 0.600. The fourth-order valence-corrected chi connectivity index (χ4v) is 4.32. The number of aromatic nitrogens is 1. The van der Waals surface area contributed by atoms with Crippen LogP contribution in [0.15, 0.2) is 24.4 Å². The van der Waals surface area contributed by atoms with Gasteiger partial charge in [-0.15, -0.1) is 11.8 Å². The van der Waals surface area contributed by atoms with Crippen LogP contribution in [0.3, 0.4) is 0 Å². The Kier molecular flexibility index (Phi) is 4.35. The van der Waals surface area contributed by atoms with Crippen LogP contribution in [-0.4, -0.2) is 58.7 Å². The number of carbonyl (C=O) groups excluding carboxylic acids is 1. The van der Waals surface area contributed by atoms with E-state index in [1.807, 2.05) is 41.8 Å². The van der Waals surface area contributed by atoms with Crippen LogP contribution in [0.25, 0.3) is 0 Å². The summed E-state index contributed by atoms with van der Waals surface area (Å²) in [6.07, 6.45) is 2.91. The van der Waals surface area contributed by atoms with Crippen molar-refractivity contribution in [3.05, 3.63) is 24.4 Å². The molecule has 1 atom stereocenters. The molecule has 21 heavy (non-hydrogen) atoms. The summed E-state index contributed by atoms with van der Waals surface area (Å²) >= 11 is 1.92. The van der Waals surface area contributed by atoms with Crippen molar-refractivity contribution in [2.45, 2.75) is 24.2 Å². The zero-order chi connectivity index (χ0) is 14.7. The van der Waals surface area contributed by atoms with Crippen LogP contribution in [-0.2, 0) is 9.53 Å². The van der Waals surface area contributed by atoms with E-state index in [1.54, 1.807) is 6.20 Å². The molecule has 0 aromatic carbocycles. The summed E-state index contributed by atoms with van der Waals surface area (Å²) in [7, 11) is 0. The number of hydrogen-bond acceptors (Lipinski definition) is 5. The lowest BCUT2D eigenvalue weighted by atomic mass is 9.93. The van der Waals surface area contributed by atoms with Crippen LogP contribution in [0, 0.1) is 0 Å². The zero-order valence-corrected chi connectivity index (χ0v) is 13.0. The molecule has 2 aliphatic heterocycles. The van der Waals surface area contributed by atoms with E-state index in [4.69, 9.17) is 9.47 Å². The van der Waals surface area contributed by atoms with Gasteiger partial charge in [0.05, 0.1) is 4.75 Å². The molecule has 0 N–H and O–H groups in total. The summed E-state index contributed by atoms with van der Waals surface area (Å²) in [5.74, 6) is 1.74. The van der Waals surface area contributed by atoms with Crippen LogP contribution in [0.4, 0.5) is 0 Å². The van der Waals surface area contributed by atoms with Gasteiger partial charge in [0.2, 0.25) is 11.8 Å². The highest BCUT2D eigenvalue weighted by atomic mass is 32.2. The molecular weight excluding hydrogens is 288 g/mol. The highest BCUT2D eigenvalue weighted by molar-refractivity contribution is 8.01. The number of pyridine rings is 1. The molecule has 1 aromatic heterocycles. The Morgan fingerprint density at radius 1 is 1.52 bits per heavy atom. The van der Waals surface area contributed by atoms with Crippen molar-refractivity contribution in [2.24, 2.45) is 0 Å². The Morgan fingerprint density at radius 3 is 3.10 bits per heavy atom. The summed E-state index contributed by atoms with van der Waals surface area (Å²) in [4.78, 5) is 17.9. The van der Waals surface area contributed by atoms with Crippen molar-refractivity contribution in [2.75, 3.05) is 32.1 Å². The number of likely N-dealkylation sites (tertiary alicyclic amines) is 1. The first-order valence-corrected chi connectivity index (χ1v) is 8.26. The molecule has 1 spiro atoms. The highest BCUT2D eigenvalue weighted by Gasteiger charge is 2.51. The summed E-state index contributed by atoms with van der Waals surface area (Å²) < 4.78 is 11.3. The lowest BCUT2D eigenvalue weighted by Crippen LogP contribution is -2.61. The lowest BCUT2D eigenvalue weighted by Gasteiger charge is -2.47. The van der Waals surface area contributed by atoms with Gasteiger partial charge < -0.3 is 14.4 Å². The average Bonchev–Trinajstić information content (AvgIpc) is 2.88. The summed E-state index contributed by atoms with van der Waals surface area (Å²) in [6, 6.07) is 5.69.